The van der Waals surface area contributed by atoms with E-state index in [1.807, 2.05) is 6.92 Å². The lowest BCUT2D eigenvalue weighted by molar-refractivity contribution is -0.0139. The Kier molecular flexibility index (Phi) is 8.37. The van der Waals surface area contributed by atoms with Crippen molar-refractivity contribution in [2.75, 3.05) is 7.11 Å². The summed E-state index contributed by atoms with van der Waals surface area (Å²) in [5, 5.41) is 19.7. The van der Waals surface area contributed by atoms with E-state index in [1.54, 1.807) is 37.4 Å². The molecule has 2 aromatic rings. The van der Waals surface area contributed by atoms with Crippen molar-refractivity contribution in [1.29, 1.82) is 5.41 Å². The lowest BCUT2D eigenvalue weighted by Gasteiger charge is -2.06. The number of guanidine groups is 1. The highest BCUT2D eigenvalue weighted by Gasteiger charge is 2.06. The van der Waals surface area contributed by atoms with Crippen molar-refractivity contribution in [3.8, 4) is 5.75 Å². The topological polar surface area (TPSA) is 149 Å². The Labute approximate surface area is 165 Å². The second kappa shape index (κ2) is 10.0. The molecule has 146 valence electrons. The molecule has 0 aliphatic rings. The van der Waals surface area contributed by atoms with Crippen molar-refractivity contribution in [3.63, 3.8) is 0 Å². The predicted octanol–water partition coefficient (Wildman–Crippen LogP) is 2.62. The lowest BCUT2D eigenvalue weighted by Crippen LogP contribution is -2.28. The van der Waals surface area contributed by atoms with Crippen molar-refractivity contribution >= 4 is 38.2 Å². The number of hydrogen-bond donors (Lipinski definition) is 4. The van der Waals surface area contributed by atoms with Crippen molar-refractivity contribution in [1.82, 2.24) is 5.17 Å². The summed E-state index contributed by atoms with van der Waals surface area (Å²) < 4.78 is 35.4. The maximum Gasteiger partial charge on any atom is 0.294 e. The van der Waals surface area contributed by atoms with E-state index in [2.05, 4.69) is 21.0 Å². The number of methoxy groups -OCH3 is 1. The van der Waals surface area contributed by atoms with E-state index in [0.29, 0.717) is 5.75 Å². The predicted molar refractivity (Wildman–Crippen MR) is 105 cm³/mol. The summed E-state index contributed by atoms with van der Waals surface area (Å²) in [6.45, 7) is 1.84. The fraction of sp³-hybridized carbons (Fsp3) is 0.125. The van der Waals surface area contributed by atoms with Gasteiger partial charge in [-0.2, -0.15) is 13.5 Å². The first-order valence-corrected chi connectivity index (χ1v) is 9.52. The summed E-state index contributed by atoms with van der Waals surface area (Å²) in [6.07, 6.45) is 1.37. The molecule has 2 rings (SSSR count). The molecular weight excluding hydrogens is 440 g/mol. The number of ether oxygens (including phenoxy) is 1. The van der Waals surface area contributed by atoms with Gasteiger partial charge < -0.3 is 10.5 Å². The Morgan fingerprint density at radius 2 is 1.89 bits per heavy atom. The number of nitrogens with one attached hydrogen (secondary N) is 1. The van der Waals surface area contributed by atoms with E-state index in [0.717, 1.165) is 15.6 Å². The Morgan fingerprint density at radius 3 is 2.33 bits per heavy atom. The van der Waals surface area contributed by atoms with Gasteiger partial charge in [-0.15, -0.1) is 5.17 Å². The largest absolute Gasteiger partial charge is 0.496 e. The number of hydrazone groups is 1. The van der Waals surface area contributed by atoms with Crippen LogP contribution in [0.1, 0.15) is 11.1 Å². The number of benzene rings is 2. The van der Waals surface area contributed by atoms with Crippen LogP contribution in [0.25, 0.3) is 0 Å². The number of hydroxylamine groups is 1. The maximum absolute atomic E-state index is 10.5. The van der Waals surface area contributed by atoms with Gasteiger partial charge in [0.05, 0.1) is 22.7 Å². The number of nitrogens with zero attached hydrogens (tertiary/aromatic N) is 2. The third-order valence-electron chi connectivity index (χ3n) is 3.03. The van der Waals surface area contributed by atoms with Gasteiger partial charge in [0.15, 0.2) is 0 Å². The maximum atomic E-state index is 10.5. The minimum atomic E-state index is -4.02. The summed E-state index contributed by atoms with van der Waals surface area (Å²) in [5.74, 6) is 0.147. The number of hydrogen-bond acceptors (Lipinski definition) is 6. The van der Waals surface area contributed by atoms with E-state index in [9.17, 15) is 8.42 Å². The molecule has 0 bridgehead atoms. The van der Waals surface area contributed by atoms with Crippen LogP contribution in [0.4, 0.5) is 0 Å². The molecule has 0 amide bonds. The summed E-state index contributed by atoms with van der Waals surface area (Å²) >= 11 is 3.31. The van der Waals surface area contributed by atoms with Crippen LogP contribution in [-0.4, -0.2) is 42.6 Å². The van der Waals surface area contributed by atoms with Gasteiger partial charge in [-0.1, -0.05) is 17.7 Å². The zero-order chi connectivity index (χ0) is 20.6. The highest BCUT2D eigenvalue weighted by molar-refractivity contribution is 9.10. The Balaban J connectivity index is 0.000000289. The molecule has 0 heterocycles. The van der Waals surface area contributed by atoms with Gasteiger partial charge in [0.1, 0.15) is 5.75 Å². The second-order valence-electron chi connectivity index (χ2n) is 5.10. The standard InChI is InChI=1S/C9H11BrN4O2.C7H8O3S/c1-16-8-3-2-6(4-7(8)10)5-13-14(15)9(11)12;1-6-2-4-7(5-3-6)11(8,9)10/h2-5,15H,1H3,(H3,11,12);2-5H,1H3,(H,8,9,10)/b13-5+;. The van der Waals surface area contributed by atoms with Gasteiger partial charge >= 0.3 is 0 Å². The van der Waals surface area contributed by atoms with Crippen LogP contribution in [0.15, 0.2) is 56.9 Å². The zero-order valence-corrected chi connectivity index (χ0v) is 16.9. The molecular formula is C16H19BrN4O5S. The van der Waals surface area contributed by atoms with Gasteiger partial charge in [0.2, 0.25) is 5.96 Å². The minimum absolute atomic E-state index is 0.0666. The Morgan fingerprint density at radius 1 is 1.30 bits per heavy atom. The third kappa shape index (κ3) is 7.74. The smallest absolute Gasteiger partial charge is 0.294 e. The first-order chi connectivity index (χ1) is 12.5. The Bertz CT molecular complexity index is 917. The van der Waals surface area contributed by atoms with Gasteiger partial charge in [0, 0.05) is 0 Å². The van der Waals surface area contributed by atoms with E-state index in [-0.39, 0.29) is 10.1 Å². The van der Waals surface area contributed by atoms with Crippen LogP contribution < -0.4 is 10.5 Å². The molecule has 0 spiro atoms. The third-order valence-corrected chi connectivity index (χ3v) is 4.51. The normalized spacial score (nSPS) is 10.9. The SMILES string of the molecule is COc1ccc(/C=N/N(O)C(=N)N)cc1Br.Cc1ccc(S(=O)(=O)O)cc1. The molecule has 0 radical (unpaired) electrons. The first kappa shape index (κ1) is 22.6. The van der Waals surface area contributed by atoms with Crippen molar-refractivity contribution in [3.05, 3.63) is 58.1 Å². The fourth-order valence-electron chi connectivity index (χ4n) is 1.66. The molecule has 0 saturated carbocycles. The van der Waals surface area contributed by atoms with Crippen molar-refractivity contribution in [2.45, 2.75) is 11.8 Å². The van der Waals surface area contributed by atoms with Gasteiger partial charge in [-0.05, 0) is 58.7 Å². The van der Waals surface area contributed by atoms with Crippen LogP contribution in [0.5, 0.6) is 5.75 Å². The van der Waals surface area contributed by atoms with Crippen molar-refractivity contribution < 1.29 is 22.9 Å². The quantitative estimate of drug-likeness (QED) is 0.238. The van der Waals surface area contributed by atoms with E-state index in [4.69, 9.17) is 25.6 Å². The molecule has 9 nitrogen and oxygen atoms in total. The van der Waals surface area contributed by atoms with Crippen LogP contribution >= 0.6 is 15.9 Å². The number of aryl methyl sites for hydroxylation is 1. The number of nitrogens with two attached hydrogens (primary N) is 1. The van der Waals surface area contributed by atoms with Gasteiger partial charge in [-0.3, -0.25) is 15.2 Å². The summed E-state index contributed by atoms with van der Waals surface area (Å²) in [5.41, 5.74) is 6.68. The molecule has 5 N–H and O–H groups in total. The fourth-order valence-corrected chi connectivity index (χ4v) is 2.70. The van der Waals surface area contributed by atoms with Gasteiger partial charge in [-0.25, -0.2) is 0 Å². The molecule has 0 fully saturated rings. The van der Waals surface area contributed by atoms with Gasteiger partial charge in [0.25, 0.3) is 10.1 Å². The Hall–Kier alpha value is -2.47. The molecule has 0 aliphatic carbocycles. The first-order valence-electron chi connectivity index (χ1n) is 7.29. The second-order valence-corrected chi connectivity index (χ2v) is 7.38. The minimum Gasteiger partial charge on any atom is -0.496 e. The molecule has 27 heavy (non-hydrogen) atoms. The molecule has 0 atom stereocenters. The number of halogens is 1. The summed E-state index contributed by atoms with van der Waals surface area (Å²) in [6, 6.07) is 11.2. The molecule has 2 aromatic carbocycles. The molecule has 0 unspecified atom stereocenters. The average molecular weight is 459 g/mol. The van der Waals surface area contributed by atoms with Crippen LogP contribution in [0.3, 0.4) is 0 Å². The molecule has 0 saturated heterocycles. The van der Waals surface area contributed by atoms with E-state index >= 15 is 0 Å². The van der Waals surface area contributed by atoms with Crippen LogP contribution in [0, 0.1) is 12.3 Å². The van der Waals surface area contributed by atoms with Crippen LogP contribution in [0.2, 0.25) is 0 Å². The number of rotatable bonds is 4. The molecule has 11 heteroatoms. The highest BCUT2D eigenvalue weighted by Crippen LogP contribution is 2.24. The average Bonchev–Trinajstić information content (AvgIpc) is 2.59. The monoisotopic (exact) mass is 458 g/mol. The zero-order valence-electron chi connectivity index (χ0n) is 14.5. The van der Waals surface area contributed by atoms with E-state index in [1.165, 1.54) is 18.3 Å². The summed E-state index contributed by atoms with van der Waals surface area (Å²) in [7, 11) is -2.45. The van der Waals surface area contributed by atoms with E-state index < -0.39 is 16.1 Å². The highest BCUT2D eigenvalue weighted by atomic mass is 79.9. The molecule has 0 aliphatic heterocycles. The lowest BCUT2D eigenvalue weighted by atomic mass is 10.2. The molecule has 0 aromatic heterocycles. The van der Waals surface area contributed by atoms with Crippen molar-refractivity contribution in [2.24, 2.45) is 10.8 Å². The van der Waals surface area contributed by atoms with Crippen LogP contribution in [-0.2, 0) is 10.1 Å². The summed E-state index contributed by atoms with van der Waals surface area (Å²) in [4.78, 5) is -0.0666.